The monoisotopic (exact) mass is 548 g/mol. The van der Waals surface area contributed by atoms with Crippen LogP contribution in [0.5, 0.6) is 5.75 Å². The van der Waals surface area contributed by atoms with Crippen molar-refractivity contribution in [3.05, 3.63) is 61.5 Å². The van der Waals surface area contributed by atoms with E-state index in [9.17, 15) is 9.59 Å². The minimum Gasteiger partial charge on any atom is -0.482 e. The number of ether oxygens (including phenoxy) is 1. The minimum atomic E-state index is -0.762. The van der Waals surface area contributed by atoms with Crippen LogP contribution in [0, 0.1) is 0 Å². The lowest BCUT2D eigenvalue weighted by atomic mass is 10.1. The van der Waals surface area contributed by atoms with Crippen molar-refractivity contribution in [1.29, 1.82) is 0 Å². The van der Waals surface area contributed by atoms with Gasteiger partial charge in [-0.15, -0.1) is 0 Å². The molecule has 1 N–H and O–H groups in total. The summed E-state index contributed by atoms with van der Waals surface area (Å²) in [4.78, 5) is 27.3. The summed E-state index contributed by atoms with van der Waals surface area (Å²) in [5.74, 6) is -0.302. The topological polar surface area (TPSA) is 58.6 Å². The maximum atomic E-state index is 13.1. The fourth-order valence-corrected chi connectivity index (χ4v) is 3.90. The molecule has 2 amide bonds. The summed E-state index contributed by atoms with van der Waals surface area (Å²) >= 11 is 21.8. The van der Waals surface area contributed by atoms with Gasteiger partial charge in [0.25, 0.3) is 5.91 Å². The number of carbonyl (C=O) groups excluding carboxylic acids is 2. The number of nitrogens with one attached hydrogen (secondary N) is 1. The molecule has 168 valence electrons. The second-order valence-corrected chi connectivity index (χ2v) is 10.2. The molecule has 31 heavy (non-hydrogen) atoms. The highest BCUT2D eigenvalue weighted by Gasteiger charge is 2.29. The van der Waals surface area contributed by atoms with E-state index in [4.69, 9.17) is 39.5 Å². The molecule has 0 aliphatic rings. The molecule has 0 fully saturated rings. The zero-order valence-corrected chi connectivity index (χ0v) is 21.5. The van der Waals surface area contributed by atoms with Gasteiger partial charge in [0.05, 0.1) is 5.02 Å². The van der Waals surface area contributed by atoms with Gasteiger partial charge < -0.3 is 15.0 Å². The number of benzene rings is 2. The first-order chi connectivity index (χ1) is 14.4. The van der Waals surface area contributed by atoms with E-state index < -0.39 is 11.6 Å². The van der Waals surface area contributed by atoms with E-state index in [1.54, 1.807) is 43.3 Å². The number of hydrogen-bond donors (Lipinski definition) is 1. The normalized spacial score (nSPS) is 12.3. The maximum absolute atomic E-state index is 13.1. The number of rotatable bonds is 7. The Kier molecular flexibility index (Phi) is 9.07. The van der Waals surface area contributed by atoms with Crippen LogP contribution in [0.25, 0.3) is 0 Å². The Hall–Kier alpha value is -1.47. The van der Waals surface area contributed by atoms with Gasteiger partial charge in [0.2, 0.25) is 5.91 Å². The first-order valence-corrected chi connectivity index (χ1v) is 11.4. The van der Waals surface area contributed by atoms with Crippen LogP contribution in [0.4, 0.5) is 0 Å². The Morgan fingerprint density at radius 2 is 1.77 bits per heavy atom. The summed E-state index contributed by atoms with van der Waals surface area (Å²) in [6.45, 7) is 7.11. The Labute approximate surface area is 206 Å². The third-order valence-corrected chi connectivity index (χ3v) is 5.64. The first kappa shape index (κ1) is 25.8. The highest BCUT2D eigenvalue weighted by molar-refractivity contribution is 9.10. The van der Waals surface area contributed by atoms with Crippen molar-refractivity contribution in [3.63, 3.8) is 0 Å². The molecule has 2 aromatic rings. The van der Waals surface area contributed by atoms with Crippen molar-refractivity contribution in [3.8, 4) is 5.75 Å². The van der Waals surface area contributed by atoms with E-state index in [0.717, 1.165) is 4.47 Å². The van der Waals surface area contributed by atoms with Crippen molar-refractivity contribution in [2.24, 2.45) is 0 Å². The van der Waals surface area contributed by atoms with Gasteiger partial charge in [0.1, 0.15) is 11.8 Å². The summed E-state index contributed by atoms with van der Waals surface area (Å²) in [6.07, 6.45) is 0. The van der Waals surface area contributed by atoms with E-state index in [2.05, 4.69) is 21.2 Å². The standard InChI is InChI=1S/C22H24BrCl3N2O3/c1-13(21(30)27-22(2,3)4)28(11-14-5-7-16(24)10-17(14)25)20(29)12-31-19-8-6-15(23)9-18(19)26/h5-10,13H,11-12H2,1-4H3,(H,27,30). The molecule has 0 aliphatic carbocycles. The Morgan fingerprint density at radius 1 is 1.10 bits per heavy atom. The molecule has 0 bridgehead atoms. The Bertz CT molecular complexity index is 964. The number of halogens is 4. The van der Waals surface area contributed by atoms with Gasteiger partial charge in [-0.3, -0.25) is 9.59 Å². The van der Waals surface area contributed by atoms with Crippen LogP contribution in [0.1, 0.15) is 33.3 Å². The molecule has 0 aromatic heterocycles. The van der Waals surface area contributed by atoms with Crippen molar-refractivity contribution in [2.75, 3.05) is 6.61 Å². The summed E-state index contributed by atoms with van der Waals surface area (Å²) in [6, 6.07) is 9.34. The highest BCUT2D eigenvalue weighted by atomic mass is 79.9. The molecule has 0 saturated carbocycles. The lowest BCUT2D eigenvalue weighted by Crippen LogP contribution is -2.53. The van der Waals surface area contributed by atoms with E-state index in [0.29, 0.717) is 26.4 Å². The van der Waals surface area contributed by atoms with Crippen LogP contribution in [0.15, 0.2) is 40.9 Å². The molecule has 0 aliphatic heterocycles. The molecule has 9 heteroatoms. The van der Waals surface area contributed by atoms with Crippen molar-refractivity contribution < 1.29 is 14.3 Å². The first-order valence-electron chi connectivity index (χ1n) is 9.50. The summed E-state index contributed by atoms with van der Waals surface area (Å²) in [5, 5.41) is 4.16. The zero-order valence-electron chi connectivity index (χ0n) is 17.6. The Balaban J connectivity index is 2.24. The molecule has 1 unspecified atom stereocenters. The minimum absolute atomic E-state index is 0.116. The van der Waals surface area contributed by atoms with E-state index in [1.807, 2.05) is 20.8 Å². The maximum Gasteiger partial charge on any atom is 0.261 e. The second-order valence-electron chi connectivity index (χ2n) is 8.04. The number of amides is 2. The summed E-state index contributed by atoms with van der Waals surface area (Å²) in [7, 11) is 0. The largest absolute Gasteiger partial charge is 0.482 e. The predicted octanol–water partition coefficient (Wildman–Crippen LogP) is 6.12. The van der Waals surface area contributed by atoms with Crippen LogP contribution in [-0.4, -0.2) is 34.9 Å². The average Bonchev–Trinajstić information content (AvgIpc) is 2.64. The van der Waals surface area contributed by atoms with E-state index in [1.165, 1.54) is 4.90 Å². The fraction of sp³-hybridized carbons (Fsp3) is 0.364. The quantitative estimate of drug-likeness (QED) is 0.452. The second kappa shape index (κ2) is 10.9. The molecule has 0 heterocycles. The molecule has 5 nitrogen and oxygen atoms in total. The fourth-order valence-electron chi connectivity index (χ4n) is 2.70. The molecule has 0 saturated heterocycles. The molecular formula is C22H24BrCl3N2O3. The zero-order chi connectivity index (χ0) is 23.3. The third-order valence-electron chi connectivity index (χ3n) is 4.27. The summed E-state index contributed by atoms with van der Waals surface area (Å²) in [5.41, 5.74) is 0.218. The molecule has 2 aromatic carbocycles. The van der Waals surface area contributed by atoms with Gasteiger partial charge in [0, 0.05) is 26.6 Å². The van der Waals surface area contributed by atoms with Gasteiger partial charge in [0.15, 0.2) is 6.61 Å². The van der Waals surface area contributed by atoms with Crippen LogP contribution in [0.3, 0.4) is 0 Å². The molecule has 2 rings (SSSR count). The van der Waals surface area contributed by atoms with E-state index in [-0.39, 0.29) is 25.0 Å². The van der Waals surface area contributed by atoms with E-state index >= 15 is 0 Å². The van der Waals surface area contributed by atoms with Gasteiger partial charge in [-0.05, 0) is 63.6 Å². The van der Waals surface area contributed by atoms with Gasteiger partial charge in [-0.25, -0.2) is 0 Å². The van der Waals surface area contributed by atoms with Crippen LogP contribution < -0.4 is 10.1 Å². The van der Waals surface area contributed by atoms with Crippen molar-refractivity contribution in [1.82, 2.24) is 10.2 Å². The lowest BCUT2D eigenvalue weighted by molar-refractivity contribution is -0.142. The molecule has 0 spiro atoms. The predicted molar refractivity (Wildman–Crippen MR) is 129 cm³/mol. The highest BCUT2D eigenvalue weighted by Crippen LogP contribution is 2.28. The van der Waals surface area contributed by atoms with Crippen molar-refractivity contribution in [2.45, 2.75) is 45.8 Å². The SMILES string of the molecule is CC(C(=O)NC(C)(C)C)N(Cc1ccc(Cl)cc1Cl)C(=O)COc1ccc(Br)cc1Cl. The van der Waals surface area contributed by atoms with Gasteiger partial charge in [-0.2, -0.15) is 0 Å². The number of carbonyl (C=O) groups is 2. The lowest BCUT2D eigenvalue weighted by Gasteiger charge is -2.31. The van der Waals surface area contributed by atoms with Crippen LogP contribution in [-0.2, 0) is 16.1 Å². The number of nitrogens with zero attached hydrogens (tertiary/aromatic N) is 1. The summed E-state index contributed by atoms with van der Waals surface area (Å²) < 4.78 is 6.42. The van der Waals surface area contributed by atoms with Gasteiger partial charge in [-0.1, -0.05) is 56.8 Å². The smallest absolute Gasteiger partial charge is 0.261 e. The Morgan fingerprint density at radius 3 is 2.35 bits per heavy atom. The van der Waals surface area contributed by atoms with Crippen LogP contribution in [0.2, 0.25) is 15.1 Å². The van der Waals surface area contributed by atoms with Crippen molar-refractivity contribution >= 4 is 62.5 Å². The number of hydrogen-bond acceptors (Lipinski definition) is 3. The molecular weight excluding hydrogens is 527 g/mol. The van der Waals surface area contributed by atoms with Gasteiger partial charge >= 0.3 is 0 Å². The average molecular weight is 551 g/mol. The third kappa shape index (κ3) is 7.86. The molecule has 1 atom stereocenters. The van der Waals surface area contributed by atoms with Crippen LogP contribution >= 0.6 is 50.7 Å². The molecule has 0 radical (unpaired) electrons.